The van der Waals surface area contributed by atoms with Crippen LogP contribution in [0.1, 0.15) is 33.1 Å². The molecule has 25 heavy (non-hydrogen) atoms. The molecule has 0 aromatic heterocycles. The minimum atomic E-state index is -3.13. The van der Waals surface area contributed by atoms with Crippen molar-refractivity contribution in [3.63, 3.8) is 0 Å². The van der Waals surface area contributed by atoms with Crippen LogP contribution >= 0.6 is 0 Å². The molecule has 0 saturated carbocycles. The van der Waals surface area contributed by atoms with E-state index < -0.39 is 10.0 Å². The number of esters is 1. The van der Waals surface area contributed by atoms with E-state index in [0.717, 1.165) is 25.3 Å². The molecule has 1 heterocycles. The molecule has 1 atom stereocenters. The number of ether oxygens (including phenoxy) is 1. The van der Waals surface area contributed by atoms with E-state index in [1.54, 1.807) is 21.0 Å². The maximum absolute atomic E-state index is 11.9. The second-order valence-electron chi connectivity index (χ2n) is 6.09. The Kier molecular flexibility index (Phi) is 9.20. The van der Waals surface area contributed by atoms with Gasteiger partial charge in [-0.2, -0.15) is 0 Å². The minimum absolute atomic E-state index is 0.113. The predicted octanol–water partition coefficient (Wildman–Crippen LogP) is 0.509. The second kappa shape index (κ2) is 10.6. The number of piperidine rings is 1. The van der Waals surface area contributed by atoms with Crippen molar-refractivity contribution in [2.24, 2.45) is 10.9 Å². The van der Waals surface area contributed by atoms with E-state index in [1.165, 1.54) is 4.31 Å². The summed E-state index contributed by atoms with van der Waals surface area (Å²) in [5.74, 6) is 0.596. The SMILES string of the molecule is CCOC(=O)C1CCCN(C(=NC)NCCCN(C)S(=O)(=O)CC)C1. The standard InChI is InChI=1S/C16H32N4O4S/c1-5-24-15(21)14-9-7-12-20(13-14)16(17-3)18-10-8-11-19(4)25(22,23)6-2/h14H,5-13H2,1-4H3,(H,17,18). The zero-order valence-corrected chi connectivity index (χ0v) is 16.6. The molecule has 1 N–H and O–H groups in total. The van der Waals surface area contributed by atoms with E-state index >= 15 is 0 Å². The molecule has 1 aliphatic rings. The fourth-order valence-corrected chi connectivity index (χ4v) is 3.66. The third kappa shape index (κ3) is 6.81. The molecule has 1 saturated heterocycles. The van der Waals surface area contributed by atoms with Gasteiger partial charge in [0.15, 0.2) is 5.96 Å². The molecule has 1 fully saturated rings. The number of nitrogens with zero attached hydrogens (tertiary/aromatic N) is 3. The molecule has 0 amide bonds. The Labute approximate surface area is 151 Å². The smallest absolute Gasteiger partial charge is 0.310 e. The monoisotopic (exact) mass is 376 g/mol. The lowest BCUT2D eigenvalue weighted by Crippen LogP contribution is -2.48. The van der Waals surface area contributed by atoms with Crippen molar-refractivity contribution in [3.8, 4) is 0 Å². The Hall–Kier alpha value is -1.35. The maximum Gasteiger partial charge on any atom is 0.310 e. The summed E-state index contributed by atoms with van der Waals surface area (Å²) in [6.45, 7) is 6.39. The number of hydrogen-bond acceptors (Lipinski definition) is 5. The lowest BCUT2D eigenvalue weighted by molar-refractivity contribution is -0.149. The Balaban J connectivity index is 2.45. The van der Waals surface area contributed by atoms with Crippen LogP contribution in [-0.2, 0) is 19.6 Å². The van der Waals surface area contributed by atoms with Gasteiger partial charge in [-0.05, 0) is 33.1 Å². The van der Waals surface area contributed by atoms with Crippen molar-refractivity contribution >= 4 is 22.0 Å². The van der Waals surface area contributed by atoms with Crippen molar-refractivity contribution in [3.05, 3.63) is 0 Å². The molecule has 1 unspecified atom stereocenters. The average Bonchev–Trinajstić information content (AvgIpc) is 2.61. The quantitative estimate of drug-likeness (QED) is 0.287. The number of likely N-dealkylation sites (tertiary alicyclic amines) is 1. The Morgan fingerprint density at radius 1 is 1.40 bits per heavy atom. The van der Waals surface area contributed by atoms with Crippen LogP contribution in [0.3, 0.4) is 0 Å². The zero-order chi connectivity index (χ0) is 18.9. The van der Waals surface area contributed by atoms with Crippen LogP contribution in [0, 0.1) is 5.92 Å². The van der Waals surface area contributed by atoms with Gasteiger partial charge in [0.05, 0.1) is 18.3 Å². The van der Waals surface area contributed by atoms with Gasteiger partial charge < -0.3 is 15.0 Å². The first-order valence-corrected chi connectivity index (χ1v) is 10.5. The zero-order valence-electron chi connectivity index (χ0n) is 15.8. The van der Waals surface area contributed by atoms with Gasteiger partial charge in [-0.25, -0.2) is 12.7 Å². The number of nitrogens with one attached hydrogen (secondary N) is 1. The van der Waals surface area contributed by atoms with Gasteiger partial charge in [0.1, 0.15) is 0 Å². The van der Waals surface area contributed by atoms with E-state index in [2.05, 4.69) is 15.2 Å². The number of rotatable bonds is 8. The average molecular weight is 377 g/mol. The first-order chi connectivity index (χ1) is 11.9. The Bertz CT molecular complexity index is 550. The molecular formula is C16H32N4O4S. The number of sulfonamides is 1. The summed E-state index contributed by atoms with van der Waals surface area (Å²) >= 11 is 0. The summed E-state index contributed by atoms with van der Waals surface area (Å²) < 4.78 is 29.9. The van der Waals surface area contributed by atoms with Gasteiger partial charge in [0.2, 0.25) is 10.0 Å². The van der Waals surface area contributed by atoms with Gasteiger partial charge in [0, 0.05) is 40.3 Å². The molecule has 8 nitrogen and oxygen atoms in total. The molecule has 1 rings (SSSR count). The third-order valence-electron chi connectivity index (χ3n) is 4.33. The largest absolute Gasteiger partial charge is 0.466 e. The lowest BCUT2D eigenvalue weighted by Gasteiger charge is -2.34. The maximum atomic E-state index is 11.9. The normalized spacial score (nSPS) is 19.2. The Morgan fingerprint density at radius 2 is 2.12 bits per heavy atom. The molecule has 146 valence electrons. The molecule has 0 radical (unpaired) electrons. The lowest BCUT2D eigenvalue weighted by atomic mass is 9.98. The highest BCUT2D eigenvalue weighted by molar-refractivity contribution is 7.89. The van der Waals surface area contributed by atoms with E-state index in [1.807, 2.05) is 6.92 Å². The number of guanidine groups is 1. The highest BCUT2D eigenvalue weighted by Gasteiger charge is 2.28. The summed E-state index contributed by atoms with van der Waals surface area (Å²) in [5, 5.41) is 3.26. The number of carbonyl (C=O) groups excluding carboxylic acids is 1. The van der Waals surface area contributed by atoms with Crippen molar-refractivity contribution in [2.45, 2.75) is 33.1 Å². The number of hydrogen-bond donors (Lipinski definition) is 1. The van der Waals surface area contributed by atoms with Gasteiger partial charge >= 0.3 is 5.97 Å². The molecule has 1 aliphatic heterocycles. The Morgan fingerprint density at radius 3 is 2.72 bits per heavy atom. The molecule has 0 spiro atoms. The van der Waals surface area contributed by atoms with Crippen molar-refractivity contribution in [1.82, 2.24) is 14.5 Å². The van der Waals surface area contributed by atoms with E-state index in [0.29, 0.717) is 32.7 Å². The first kappa shape index (κ1) is 21.7. The first-order valence-electron chi connectivity index (χ1n) is 8.91. The fourth-order valence-electron chi connectivity index (χ4n) is 2.82. The van der Waals surface area contributed by atoms with Crippen LogP contribution in [0.4, 0.5) is 0 Å². The molecule has 0 aromatic rings. The summed E-state index contributed by atoms with van der Waals surface area (Å²) in [7, 11) is 0.178. The van der Waals surface area contributed by atoms with E-state index in [-0.39, 0.29) is 17.6 Å². The number of aliphatic imine (C=N–C) groups is 1. The highest BCUT2D eigenvalue weighted by atomic mass is 32.2. The van der Waals surface area contributed by atoms with Crippen molar-refractivity contribution in [2.75, 3.05) is 52.6 Å². The molecule has 9 heteroatoms. The van der Waals surface area contributed by atoms with Crippen molar-refractivity contribution in [1.29, 1.82) is 0 Å². The van der Waals surface area contributed by atoms with Crippen LogP contribution in [0.5, 0.6) is 0 Å². The molecule has 0 bridgehead atoms. The summed E-state index contributed by atoms with van der Waals surface area (Å²) in [6.07, 6.45) is 2.44. The fraction of sp³-hybridized carbons (Fsp3) is 0.875. The van der Waals surface area contributed by atoms with E-state index in [9.17, 15) is 13.2 Å². The third-order valence-corrected chi connectivity index (χ3v) is 6.19. The topological polar surface area (TPSA) is 91.3 Å². The molecular weight excluding hydrogens is 344 g/mol. The predicted molar refractivity (Wildman–Crippen MR) is 99.0 cm³/mol. The van der Waals surface area contributed by atoms with Gasteiger partial charge in [0.25, 0.3) is 0 Å². The molecule has 0 aromatic carbocycles. The van der Waals surface area contributed by atoms with Crippen LogP contribution < -0.4 is 5.32 Å². The molecule has 0 aliphatic carbocycles. The van der Waals surface area contributed by atoms with Crippen LogP contribution in [0.2, 0.25) is 0 Å². The summed E-state index contributed by atoms with van der Waals surface area (Å²) in [5.41, 5.74) is 0. The highest BCUT2D eigenvalue weighted by Crippen LogP contribution is 2.18. The van der Waals surface area contributed by atoms with Crippen LogP contribution in [-0.4, -0.2) is 82.2 Å². The summed E-state index contributed by atoms with van der Waals surface area (Å²) in [6, 6.07) is 0. The van der Waals surface area contributed by atoms with Crippen LogP contribution in [0.25, 0.3) is 0 Å². The summed E-state index contributed by atoms with van der Waals surface area (Å²) in [4.78, 5) is 18.3. The number of carbonyl (C=O) groups is 1. The van der Waals surface area contributed by atoms with Gasteiger partial charge in [-0.1, -0.05) is 0 Å². The second-order valence-corrected chi connectivity index (χ2v) is 8.45. The minimum Gasteiger partial charge on any atom is -0.466 e. The van der Waals surface area contributed by atoms with Crippen LogP contribution in [0.15, 0.2) is 4.99 Å². The van der Waals surface area contributed by atoms with Gasteiger partial charge in [-0.15, -0.1) is 0 Å². The van der Waals surface area contributed by atoms with Gasteiger partial charge in [-0.3, -0.25) is 9.79 Å². The van der Waals surface area contributed by atoms with Crippen molar-refractivity contribution < 1.29 is 17.9 Å². The van der Waals surface area contributed by atoms with E-state index in [4.69, 9.17) is 4.74 Å².